The van der Waals surface area contributed by atoms with Crippen LogP contribution in [0.5, 0.6) is 11.5 Å². The molecule has 0 bridgehead atoms. The van der Waals surface area contributed by atoms with Gasteiger partial charge in [0.2, 0.25) is 9.84 Å². The molecule has 1 atom stereocenters. The summed E-state index contributed by atoms with van der Waals surface area (Å²) in [5.74, 6) is 0.945. The highest BCUT2D eigenvalue weighted by atomic mass is 32.2. The average molecular weight is 305 g/mol. The first-order valence-corrected chi connectivity index (χ1v) is 8.03. The molecule has 2 aromatic rings. The van der Waals surface area contributed by atoms with Gasteiger partial charge in [-0.2, -0.15) is 0 Å². The Morgan fingerprint density at radius 1 is 1.05 bits per heavy atom. The Labute approximate surface area is 123 Å². The molecule has 1 aliphatic heterocycles. The minimum atomic E-state index is -3.56. The fraction of sp³-hybridized carbons (Fsp3) is 0.200. The average Bonchev–Trinajstić information content (AvgIpc) is 2.54. The Bertz CT molecular complexity index is 744. The van der Waals surface area contributed by atoms with E-state index in [0.29, 0.717) is 24.7 Å². The van der Waals surface area contributed by atoms with Crippen LogP contribution in [-0.2, 0) is 9.84 Å². The molecule has 0 aromatic heterocycles. The summed E-state index contributed by atoms with van der Waals surface area (Å²) in [6.45, 7) is 0.684. The Morgan fingerprint density at radius 2 is 1.81 bits per heavy atom. The van der Waals surface area contributed by atoms with Crippen molar-refractivity contribution >= 4 is 9.84 Å². The fourth-order valence-corrected chi connectivity index (χ4v) is 3.41. The van der Waals surface area contributed by atoms with Gasteiger partial charge in [0, 0.05) is 12.6 Å². The first-order chi connectivity index (χ1) is 10.1. The predicted octanol–water partition coefficient (Wildman–Crippen LogP) is 1.62. The number of sulfone groups is 1. The third-order valence-corrected chi connectivity index (χ3v) is 5.03. The van der Waals surface area contributed by atoms with Gasteiger partial charge in [-0.15, -0.1) is 0 Å². The first kappa shape index (κ1) is 13.9. The molecule has 21 heavy (non-hydrogen) atoms. The summed E-state index contributed by atoms with van der Waals surface area (Å²) in [5.41, 5.74) is 5.55. The van der Waals surface area contributed by atoms with E-state index in [9.17, 15) is 8.42 Å². The van der Waals surface area contributed by atoms with Crippen molar-refractivity contribution in [2.24, 2.45) is 5.73 Å². The Hall–Kier alpha value is -2.05. The van der Waals surface area contributed by atoms with Crippen molar-refractivity contribution in [3.63, 3.8) is 0 Å². The quantitative estimate of drug-likeness (QED) is 0.932. The molecule has 1 aliphatic rings. The van der Waals surface area contributed by atoms with Crippen molar-refractivity contribution < 1.29 is 17.9 Å². The highest BCUT2D eigenvalue weighted by Crippen LogP contribution is 2.35. The number of hydrogen-bond donors (Lipinski definition) is 1. The molecule has 2 N–H and O–H groups in total. The highest BCUT2D eigenvalue weighted by molar-refractivity contribution is 7.91. The maximum absolute atomic E-state index is 12.5. The molecule has 0 aliphatic carbocycles. The predicted molar refractivity (Wildman–Crippen MR) is 77.3 cm³/mol. The van der Waals surface area contributed by atoms with Crippen LogP contribution in [0.15, 0.2) is 58.3 Å². The molecule has 0 saturated heterocycles. The van der Waals surface area contributed by atoms with E-state index in [0.717, 1.165) is 0 Å². The van der Waals surface area contributed by atoms with Crippen molar-refractivity contribution in [2.75, 3.05) is 13.2 Å². The number of fused-ring (bicyclic) bond motifs is 1. The van der Waals surface area contributed by atoms with E-state index in [2.05, 4.69) is 0 Å². The molecular weight excluding hydrogens is 290 g/mol. The third kappa shape index (κ3) is 2.59. The maximum Gasteiger partial charge on any atom is 0.206 e. The van der Waals surface area contributed by atoms with E-state index in [1.165, 1.54) is 12.1 Å². The minimum absolute atomic E-state index is 0.175. The second kappa shape index (κ2) is 5.38. The topological polar surface area (TPSA) is 78.6 Å². The molecule has 0 unspecified atom stereocenters. The van der Waals surface area contributed by atoms with Crippen LogP contribution >= 0.6 is 0 Å². The molecule has 0 saturated carbocycles. The molecule has 110 valence electrons. The van der Waals surface area contributed by atoms with Gasteiger partial charge in [-0.3, -0.25) is 0 Å². The van der Waals surface area contributed by atoms with Crippen LogP contribution in [0.3, 0.4) is 0 Å². The van der Waals surface area contributed by atoms with Gasteiger partial charge in [-0.1, -0.05) is 18.2 Å². The third-order valence-electron chi connectivity index (χ3n) is 3.26. The standard InChI is InChI=1S/C15H15NO4S/c16-9-11-10-19-14-7-6-13(8-15(14)20-11)21(17,18)12-4-2-1-3-5-12/h1-8,11H,9-10,16H2/t11-/m0/s1. The van der Waals surface area contributed by atoms with Gasteiger partial charge in [-0.25, -0.2) is 8.42 Å². The second-order valence-corrected chi connectivity index (χ2v) is 6.66. The lowest BCUT2D eigenvalue weighted by atomic mass is 10.2. The Balaban J connectivity index is 2.01. The summed E-state index contributed by atoms with van der Waals surface area (Å²) < 4.78 is 36.2. The SMILES string of the molecule is NC[C@H]1COc2ccc(S(=O)(=O)c3ccccc3)cc2O1. The molecule has 5 nitrogen and oxygen atoms in total. The van der Waals surface area contributed by atoms with Gasteiger partial charge in [0.1, 0.15) is 12.7 Å². The number of ether oxygens (including phenoxy) is 2. The van der Waals surface area contributed by atoms with Crippen LogP contribution in [0.25, 0.3) is 0 Å². The molecule has 0 radical (unpaired) electrons. The van der Waals surface area contributed by atoms with Gasteiger partial charge in [0.15, 0.2) is 11.5 Å². The van der Waals surface area contributed by atoms with E-state index in [1.807, 2.05) is 0 Å². The number of hydrogen-bond acceptors (Lipinski definition) is 5. The molecule has 0 spiro atoms. The molecule has 2 aromatic carbocycles. The summed E-state index contributed by atoms with van der Waals surface area (Å²) in [7, 11) is -3.56. The summed E-state index contributed by atoms with van der Waals surface area (Å²) in [5, 5.41) is 0. The Morgan fingerprint density at radius 3 is 2.52 bits per heavy atom. The van der Waals surface area contributed by atoms with Crippen LogP contribution in [0.1, 0.15) is 0 Å². The van der Waals surface area contributed by atoms with Crippen LogP contribution in [0.2, 0.25) is 0 Å². The van der Waals surface area contributed by atoms with Gasteiger partial charge >= 0.3 is 0 Å². The second-order valence-electron chi connectivity index (χ2n) is 4.71. The lowest BCUT2D eigenvalue weighted by molar-refractivity contribution is 0.0964. The molecule has 3 rings (SSSR count). The largest absolute Gasteiger partial charge is 0.486 e. The van der Waals surface area contributed by atoms with Crippen LogP contribution < -0.4 is 15.2 Å². The molecule has 6 heteroatoms. The zero-order valence-electron chi connectivity index (χ0n) is 11.2. The van der Waals surface area contributed by atoms with Gasteiger partial charge < -0.3 is 15.2 Å². The highest BCUT2D eigenvalue weighted by Gasteiger charge is 2.24. The van der Waals surface area contributed by atoms with Crippen LogP contribution in [0, 0.1) is 0 Å². The van der Waals surface area contributed by atoms with Gasteiger partial charge in [-0.05, 0) is 24.3 Å². The minimum Gasteiger partial charge on any atom is -0.486 e. The number of benzene rings is 2. The number of nitrogens with two attached hydrogens (primary N) is 1. The first-order valence-electron chi connectivity index (χ1n) is 6.55. The van der Waals surface area contributed by atoms with Crippen LogP contribution in [-0.4, -0.2) is 27.7 Å². The van der Waals surface area contributed by atoms with E-state index < -0.39 is 9.84 Å². The van der Waals surface area contributed by atoms with E-state index >= 15 is 0 Å². The smallest absolute Gasteiger partial charge is 0.206 e. The van der Waals surface area contributed by atoms with E-state index in [4.69, 9.17) is 15.2 Å². The van der Waals surface area contributed by atoms with E-state index in [1.54, 1.807) is 36.4 Å². The Kier molecular flexibility index (Phi) is 3.57. The summed E-state index contributed by atoms with van der Waals surface area (Å²) >= 11 is 0. The molecule has 0 fully saturated rings. The monoisotopic (exact) mass is 305 g/mol. The van der Waals surface area contributed by atoms with Crippen molar-refractivity contribution in [3.8, 4) is 11.5 Å². The fourth-order valence-electron chi connectivity index (χ4n) is 2.12. The van der Waals surface area contributed by atoms with Crippen molar-refractivity contribution in [1.82, 2.24) is 0 Å². The molecule has 0 amide bonds. The van der Waals surface area contributed by atoms with Gasteiger partial charge in [0.25, 0.3) is 0 Å². The normalized spacial score (nSPS) is 17.5. The lowest BCUT2D eigenvalue weighted by Gasteiger charge is -2.25. The molecular formula is C15H15NO4S. The van der Waals surface area contributed by atoms with Gasteiger partial charge in [0.05, 0.1) is 9.79 Å². The maximum atomic E-state index is 12.5. The number of rotatable bonds is 3. The van der Waals surface area contributed by atoms with Crippen molar-refractivity contribution in [2.45, 2.75) is 15.9 Å². The summed E-state index contributed by atoms with van der Waals surface area (Å²) in [4.78, 5) is 0.422. The van der Waals surface area contributed by atoms with E-state index in [-0.39, 0.29) is 15.9 Å². The summed E-state index contributed by atoms with van der Waals surface area (Å²) in [6.07, 6.45) is -0.257. The zero-order chi connectivity index (χ0) is 14.9. The van der Waals surface area contributed by atoms with Crippen molar-refractivity contribution in [3.05, 3.63) is 48.5 Å². The molecule has 1 heterocycles. The zero-order valence-corrected chi connectivity index (χ0v) is 12.0. The summed E-state index contributed by atoms with van der Waals surface area (Å²) in [6, 6.07) is 12.9. The van der Waals surface area contributed by atoms with Crippen molar-refractivity contribution in [1.29, 1.82) is 0 Å². The van der Waals surface area contributed by atoms with Crippen LogP contribution in [0.4, 0.5) is 0 Å². The lowest BCUT2D eigenvalue weighted by Crippen LogP contribution is -2.35.